The lowest BCUT2D eigenvalue weighted by Gasteiger charge is -2.05. The third-order valence-electron chi connectivity index (χ3n) is 1.92. The number of rotatable bonds is 3. The van der Waals surface area contributed by atoms with Crippen LogP contribution in [0.25, 0.3) is 0 Å². The van der Waals surface area contributed by atoms with Crippen LogP contribution in [0.15, 0.2) is 34.8 Å². The molecular weight excluding hydrogens is 291 g/mol. The quantitative estimate of drug-likeness (QED) is 0.946. The number of nitrogens with zero attached hydrogens (tertiary/aromatic N) is 2. The second-order valence-corrected chi connectivity index (χ2v) is 4.14. The number of aromatic nitrogens is 2. The number of hydrogen-bond donors (Lipinski definition) is 1. The molecule has 88 valence electrons. The van der Waals surface area contributed by atoms with Crippen LogP contribution in [0.3, 0.4) is 0 Å². The minimum Gasteiger partial charge on any atom is -0.437 e. The summed E-state index contributed by atoms with van der Waals surface area (Å²) in [6, 6.07) is 7.32. The zero-order valence-corrected chi connectivity index (χ0v) is 10.2. The van der Waals surface area contributed by atoms with Crippen molar-refractivity contribution in [2.45, 2.75) is 6.61 Å². The van der Waals surface area contributed by atoms with E-state index in [0.29, 0.717) is 15.9 Å². The Hall–Kier alpha value is -1.53. The Balaban J connectivity index is 2.19. The predicted molar refractivity (Wildman–Crippen MR) is 62.1 cm³/mol. The maximum atomic E-state index is 13.1. The molecule has 0 spiro atoms. The first-order chi connectivity index (χ1) is 8.17. The molecule has 0 unspecified atom stereocenters. The summed E-state index contributed by atoms with van der Waals surface area (Å²) in [6.07, 6.45) is 0. The number of halogens is 2. The first kappa shape index (κ1) is 11.9. The van der Waals surface area contributed by atoms with Crippen molar-refractivity contribution in [2.24, 2.45) is 0 Å². The Labute approximate surface area is 105 Å². The summed E-state index contributed by atoms with van der Waals surface area (Å²) < 4.78 is 19.0. The molecule has 0 aliphatic heterocycles. The van der Waals surface area contributed by atoms with Crippen LogP contribution in [-0.4, -0.2) is 15.3 Å². The van der Waals surface area contributed by atoms with E-state index in [1.165, 1.54) is 12.1 Å². The van der Waals surface area contributed by atoms with Crippen molar-refractivity contribution in [2.75, 3.05) is 0 Å². The molecule has 0 bridgehead atoms. The first-order valence-corrected chi connectivity index (χ1v) is 5.54. The number of hydrogen-bond acceptors (Lipinski definition) is 4. The molecule has 1 heterocycles. The van der Waals surface area contributed by atoms with Gasteiger partial charge < -0.3 is 9.84 Å². The third-order valence-corrected chi connectivity index (χ3v) is 2.37. The lowest BCUT2D eigenvalue weighted by Crippen LogP contribution is -1.95. The Kier molecular flexibility index (Phi) is 3.65. The highest BCUT2D eigenvalue weighted by Gasteiger charge is 2.03. The molecule has 0 amide bonds. The Morgan fingerprint density at radius 2 is 2.06 bits per heavy atom. The molecule has 0 radical (unpaired) electrons. The highest BCUT2D eigenvalue weighted by atomic mass is 79.9. The predicted octanol–water partition coefficient (Wildman–Crippen LogP) is 2.66. The van der Waals surface area contributed by atoms with Gasteiger partial charge in [0.1, 0.15) is 11.6 Å². The fourth-order valence-electron chi connectivity index (χ4n) is 1.19. The van der Waals surface area contributed by atoms with E-state index in [1.54, 1.807) is 18.2 Å². The summed E-state index contributed by atoms with van der Waals surface area (Å²) in [5.41, 5.74) is 0.442. The molecule has 0 aliphatic carbocycles. The number of aliphatic hydroxyl groups excluding tert-OH is 1. The van der Waals surface area contributed by atoms with Crippen LogP contribution in [0.1, 0.15) is 5.69 Å². The molecule has 1 aromatic carbocycles. The molecule has 2 rings (SSSR count). The van der Waals surface area contributed by atoms with Gasteiger partial charge >= 0.3 is 0 Å². The van der Waals surface area contributed by atoms with E-state index >= 15 is 0 Å². The highest BCUT2D eigenvalue weighted by molar-refractivity contribution is 9.10. The van der Waals surface area contributed by atoms with Crippen LogP contribution < -0.4 is 4.74 Å². The molecule has 17 heavy (non-hydrogen) atoms. The van der Waals surface area contributed by atoms with Crippen molar-refractivity contribution in [1.29, 1.82) is 0 Å². The summed E-state index contributed by atoms with van der Waals surface area (Å²) >= 11 is 3.16. The molecule has 0 aliphatic rings. The number of benzene rings is 1. The maximum Gasteiger partial charge on any atom is 0.238 e. The van der Waals surface area contributed by atoms with Gasteiger partial charge in [-0.15, -0.1) is 10.2 Å². The van der Waals surface area contributed by atoms with Crippen molar-refractivity contribution in [3.8, 4) is 11.6 Å². The summed E-state index contributed by atoms with van der Waals surface area (Å²) in [6.45, 7) is -0.182. The topological polar surface area (TPSA) is 55.2 Å². The molecule has 1 aromatic heterocycles. The smallest absolute Gasteiger partial charge is 0.238 e. The second-order valence-electron chi connectivity index (χ2n) is 3.23. The number of ether oxygens (including phenoxy) is 1. The van der Waals surface area contributed by atoms with Gasteiger partial charge in [0.15, 0.2) is 0 Å². The van der Waals surface area contributed by atoms with Gasteiger partial charge in [-0.1, -0.05) is 15.9 Å². The fourth-order valence-corrected chi connectivity index (χ4v) is 1.64. The Bertz CT molecular complexity index is 499. The van der Waals surface area contributed by atoms with E-state index in [4.69, 9.17) is 9.84 Å². The van der Waals surface area contributed by atoms with Crippen molar-refractivity contribution < 1.29 is 14.2 Å². The van der Waals surface area contributed by atoms with Crippen LogP contribution in [0.5, 0.6) is 11.6 Å². The van der Waals surface area contributed by atoms with Gasteiger partial charge in [0.05, 0.1) is 12.3 Å². The Morgan fingerprint density at radius 3 is 2.65 bits per heavy atom. The van der Waals surface area contributed by atoms with E-state index in [1.807, 2.05) is 0 Å². The molecule has 0 saturated carbocycles. The molecule has 0 saturated heterocycles. The molecule has 0 fully saturated rings. The van der Waals surface area contributed by atoms with E-state index in [0.717, 1.165) is 0 Å². The largest absolute Gasteiger partial charge is 0.437 e. The molecule has 2 aromatic rings. The minimum atomic E-state index is -0.408. The second kappa shape index (κ2) is 5.20. The molecule has 4 nitrogen and oxygen atoms in total. The van der Waals surface area contributed by atoms with Gasteiger partial charge in [-0.25, -0.2) is 4.39 Å². The van der Waals surface area contributed by atoms with E-state index in [-0.39, 0.29) is 12.5 Å². The summed E-state index contributed by atoms with van der Waals surface area (Å²) in [7, 11) is 0. The van der Waals surface area contributed by atoms with Crippen molar-refractivity contribution >= 4 is 15.9 Å². The summed E-state index contributed by atoms with van der Waals surface area (Å²) in [5.74, 6) is 0.150. The van der Waals surface area contributed by atoms with Gasteiger partial charge in [0.25, 0.3) is 0 Å². The van der Waals surface area contributed by atoms with Gasteiger partial charge in [-0.3, -0.25) is 0 Å². The monoisotopic (exact) mass is 298 g/mol. The summed E-state index contributed by atoms with van der Waals surface area (Å²) in [4.78, 5) is 0. The van der Waals surface area contributed by atoms with Crippen LogP contribution in [0.2, 0.25) is 0 Å². The van der Waals surface area contributed by atoms with Gasteiger partial charge in [-0.05, 0) is 18.2 Å². The number of aliphatic hydroxyl groups is 1. The van der Waals surface area contributed by atoms with Gasteiger partial charge in [-0.2, -0.15) is 0 Å². The summed E-state index contributed by atoms with van der Waals surface area (Å²) in [5, 5.41) is 16.2. The standard InChI is InChI=1S/C11H8BrFN2O2/c12-7-3-8(13)5-10(4-7)17-11-2-1-9(6-16)14-15-11/h1-5,16H,6H2. The van der Waals surface area contributed by atoms with Crippen LogP contribution in [0, 0.1) is 5.82 Å². The lowest BCUT2D eigenvalue weighted by atomic mass is 10.3. The first-order valence-electron chi connectivity index (χ1n) is 4.75. The minimum absolute atomic E-state index is 0.182. The molecule has 6 heteroatoms. The van der Waals surface area contributed by atoms with Crippen molar-refractivity contribution in [3.05, 3.63) is 46.3 Å². The maximum absolute atomic E-state index is 13.1. The van der Waals surface area contributed by atoms with Crippen molar-refractivity contribution in [3.63, 3.8) is 0 Å². The SMILES string of the molecule is OCc1ccc(Oc2cc(F)cc(Br)c2)nn1. The zero-order chi connectivity index (χ0) is 12.3. The molecule has 0 atom stereocenters. The average Bonchev–Trinajstić information content (AvgIpc) is 2.28. The van der Waals surface area contributed by atoms with Crippen LogP contribution in [0.4, 0.5) is 4.39 Å². The Morgan fingerprint density at radius 1 is 1.24 bits per heavy atom. The van der Waals surface area contributed by atoms with Crippen LogP contribution in [-0.2, 0) is 6.61 Å². The van der Waals surface area contributed by atoms with Crippen LogP contribution >= 0.6 is 15.9 Å². The van der Waals surface area contributed by atoms with E-state index in [9.17, 15) is 4.39 Å². The third kappa shape index (κ3) is 3.21. The average molecular weight is 299 g/mol. The highest BCUT2D eigenvalue weighted by Crippen LogP contribution is 2.24. The molecular formula is C11H8BrFN2O2. The fraction of sp³-hybridized carbons (Fsp3) is 0.0909. The lowest BCUT2D eigenvalue weighted by molar-refractivity contribution is 0.274. The van der Waals surface area contributed by atoms with Gasteiger partial charge in [0, 0.05) is 16.6 Å². The van der Waals surface area contributed by atoms with Gasteiger partial charge in [0.2, 0.25) is 5.88 Å². The van der Waals surface area contributed by atoms with E-state index in [2.05, 4.69) is 26.1 Å². The van der Waals surface area contributed by atoms with E-state index < -0.39 is 5.82 Å². The molecule has 1 N–H and O–H groups in total. The normalized spacial score (nSPS) is 10.3. The van der Waals surface area contributed by atoms with Crippen molar-refractivity contribution in [1.82, 2.24) is 10.2 Å². The zero-order valence-electron chi connectivity index (χ0n) is 8.60.